The summed E-state index contributed by atoms with van der Waals surface area (Å²) in [5.41, 5.74) is 2.89. The van der Waals surface area contributed by atoms with Gasteiger partial charge in [-0.1, -0.05) is 48.0 Å². The first-order chi connectivity index (χ1) is 9.15. The molecule has 2 aromatic rings. The molecule has 2 aromatic carbocycles. The highest BCUT2D eigenvalue weighted by Gasteiger charge is 2.06. The molecule has 0 atom stereocenters. The molecule has 19 heavy (non-hydrogen) atoms. The van der Waals surface area contributed by atoms with Gasteiger partial charge in [-0.15, -0.1) is 0 Å². The van der Waals surface area contributed by atoms with E-state index < -0.39 is 0 Å². The molecule has 0 heterocycles. The number of aromatic hydroxyl groups is 1. The van der Waals surface area contributed by atoms with Crippen molar-refractivity contribution in [1.29, 1.82) is 0 Å². The smallest absolute Gasteiger partial charge is 0.224 e. The molecule has 98 valence electrons. The summed E-state index contributed by atoms with van der Waals surface area (Å²) in [6, 6.07) is 14.9. The van der Waals surface area contributed by atoms with Crippen molar-refractivity contribution in [3.8, 4) is 5.75 Å². The van der Waals surface area contributed by atoms with Crippen LogP contribution in [0.1, 0.15) is 16.7 Å². The molecule has 0 aliphatic rings. The first kappa shape index (κ1) is 13.1. The molecule has 0 saturated heterocycles. The Morgan fingerprint density at radius 1 is 1.16 bits per heavy atom. The molecule has 2 N–H and O–H groups in total. The van der Waals surface area contributed by atoms with Gasteiger partial charge in [-0.3, -0.25) is 4.79 Å². The first-order valence-electron chi connectivity index (χ1n) is 6.24. The number of carbonyl (C=O) groups excluding carboxylic acids is 1. The van der Waals surface area contributed by atoms with E-state index in [0.717, 1.165) is 5.56 Å². The van der Waals surface area contributed by atoms with E-state index in [0.29, 0.717) is 12.1 Å². The van der Waals surface area contributed by atoms with Gasteiger partial charge >= 0.3 is 0 Å². The number of hydrogen-bond donors (Lipinski definition) is 2. The topological polar surface area (TPSA) is 49.3 Å². The molecule has 3 nitrogen and oxygen atoms in total. The van der Waals surface area contributed by atoms with Gasteiger partial charge in [-0.25, -0.2) is 0 Å². The molecule has 1 amide bonds. The van der Waals surface area contributed by atoms with Crippen LogP contribution < -0.4 is 5.32 Å². The van der Waals surface area contributed by atoms with Crippen molar-refractivity contribution in [3.63, 3.8) is 0 Å². The Morgan fingerprint density at radius 2 is 1.95 bits per heavy atom. The molecule has 0 aliphatic heterocycles. The van der Waals surface area contributed by atoms with E-state index in [1.54, 1.807) is 18.2 Å². The van der Waals surface area contributed by atoms with E-state index in [4.69, 9.17) is 0 Å². The summed E-state index contributed by atoms with van der Waals surface area (Å²) < 4.78 is 0. The summed E-state index contributed by atoms with van der Waals surface area (Å²) in [5, 5.41) is 12.5. The summed E-state index contributed by atoms with van der Waals surface area (Å²) in [4.78, 5) is 11.8. The lowest BCUT2D eigenvalue weighted by atomic mass is 10.1. The van der Waals surface area contributed by atoms with Crippen LogP contribution in [0.4, 0.5) is 0 Å². The summed E-state index contributed by atoms with van der Waals surface area (Å²) in [6.07, 6.45) is 0.193. The van der Waals surface area contributed by atoms with E-state index in [1.165, 1.54) is 5.56 Å². The Kier molecular flexibility index (Phi) is 4.18. The number of para-hydroxylation sites is 1. The summed E-state index contributed by atoms with van der Waals surface area (Å²) in [6.45, 7) is 2.53. The highest BCUT2D eigenvalue weighted by atomic mass is 16.3. The van der Waals surface area contributed by atoms with Crippen LogP contribution in [0.5, 0.6) is 5.75 Å². The number of amides is 1. The quantitative estimate of drug-likeness (QED) is 0.882. The molecule has 0 bridgehead atoms. The predicted molar refractivity (Wildman–Crippen MR) is 74.8 cm³/mol. The second kappa shape index (κ2) is 6.05. The summed E-state index contributed by atoms with van der Waals surface area (Å²) in [7, 11) is 0. The van der Waals surface area contributed by atoms with Gasteiger partial charge in [-0.05, 0) is 18.6 Å². The van der Waals surface area contributed by atoms with Gasteiger partial charge in [0, 0.05) is 12.1 Å². The van der Waals surface area contributed by atoms with Gasteiger partial charge < -0.3 is 10.4 Å². The van der Waals surface area contributed by atoms with Crippen LogP contribution in [0.15, 0.2) is 48.5 Å². The van der Waals surface area contributed by atoms with Gasteiger partial charge in [0.15, 0.2) is 0 Å². The lowest BCUT2D eigenvalue weighted by molar-refractivity contribution is -0.120. The normalized spacial score (nSPS) is 10.2. The molecule has 0 radical (unpaired) electrons. The molecule has 0 spiro atoms. The van der Waals surface area contributed by atoms with E-state index in [-0.39, 0.29) is 18.1 Å². The van der Waals surface area contributed by atoms with Gasteiger partial charge in [0.05, 0.1) is 6.42 Å². The predicted octanol–water partition coefficient (Wildman–Crippen LogP) is 2.56. The highest BCUT2D eigenvalue weighted by Crippen LogP contribution is 2.15. The van der Waals surface area contributed by atoms with Crippen molar-refractivity contribution in [2.45, 2.75) is 19.9 Å². The third kappa shape index (κ3) is 3.85. The minimum atomic E-state index is -0.0944. The average Bonchev–Trinajstić information content (AvgIpc) is 2.39. The fourth-order valence-corrected chi connectivity index (χ4v) is 1.92. The molecule has 0 fully saturated rings. The number of benzene rings is 2. The first-order valence-corrected chi connectivity index (χ1v) is 6.24. The van der Waals surface area contributed by atoms with Crippen LogP contribution in [0.25, 0.3) is 0 Å². The maximum Gasteiger partial charge on any atom is 0.224 e. The monoisotopic (exact) mass is 255 g/mol. The maximum atomic E-state index is 11.8. The van der Waals surface area contributed by atoms with Crippen molar-refractivity contribution in [1.82, 2.24) is 5.32 Å². The number of hydrogen-bond acceptors (Lipinski definition) is 2. The van der Waals surface area contributed by atoms with E-state index in [1.807, 2.05) is 37.3 Å². The maximum absolute atomic E-state index is 11.8. The second-order valence-electron chi connectivity index (χ2n) is 4.57. The van der Waals surface area contributed by atoms with Crippen molar-refractivity contribution >= 4 is 5.91 Å². The van der Waals surface area contributed by atoms with Gasteiger partial charge in [0.2, 0.25) is 5.91 Å². The Hall–Kier alpha value is -2.29. The molecular weight excluding hydrogens is 238 g/mol. The fourth-order valence-electron chi connectivity index (χ4n) is 1.92. The minimum Gasteiger partial charge on any atom is -0.508 e. The van der Waals surface area contributed by atoms with Crippen molar-refractivity contribution in [2.24, 2.45) is 0 Å². The SMILES string of the molecule is Cc1cccc(CNC(=O)Cc2ccccc2O)c1. The second-order valence-corrected chi connectivity index (χ2v) is 4.57. The lowest BCUT2D eigenvalue weighted by Crippen LogP contribution is -2.24. The molecule has 2 rings (SSSR count). The van der Waals surface area contributed by atoms with E-state index >= 15 is 0 Å². The zero-order valence-electron chi connectivity index (χ0n) is 10.9. The van der Waals surface area contributed by atoms with Crippen LogP contribution in [0.3, 0.4) is 0 Å². The zero-order chi connectivity index (χ0) is 13.7. The van der Waals surface area contributed by atoms with Gasteiger partial charge in [-0.2, -0.15) is 0 Å². The minimum absolute atomic E-state index is 0.0944. The van der Waals surface area contributed by atoms with Crippen LogP contribution in [-0.4, -0.2) is 11.0 Å². The third-order valence-corrected chi connectivity index (χ3v) is 2.91. The Labute approximate surface area is 112 Å². The van der Waals surface area contributed by atoms with Crippen LogP contribution in [0.2, 0.25) is 0 Å². The number of rotatable bonds is 4. The number of phenolic OH excluding ortho intramolecular Hbond substituents is 1. The molecule has 0 saturated carbocycles. The zero-order valence-corrected chi connectivity index (χ0v) is 10.9. The molecule has 0 aliphatic carbocycles. The lowest BCUT2D eigenvalue weighted by Gasteiger charge is -2.07. The fraction of sp³-hybridized carbons (Fsp3) is 0.188. The largest absolute Gasteiger partial charge is 0.508 e. The molecular formula is C16H17NO2. The van der Waals surface area contributed by atoms with E-state index in [9.17, 15) is 9.90 Å². The average molecular weight is 255 g/mol. The molecule has 3 heteroatoms. The number of nitrogens with one attached hydrogen (secondary N) is 1. The van der Waals surface area contributed by atoms with Crippen molar-refractivity contribution in [3.05, 3.63) is 65.2 Å². The summed E-state index contributed by atoms with van der Waals surface area (Å²) in [5.74, 6) is 0.0659. The highest BCUT2D eigenvalue weighted by molar-refractivity contribution is 5.79. The van der Waals surface area contributed by atoms with Crippen LogP contribution in [0, 0.1) is 6.92 Å². The Bertz CT molecular complexity index is 578. The molecule has 0 aromatic heterocycles. The Balaban J connectivity index is 1.90. The number of phenols is 1. The van der Waals surface area contributed by atoms with E-state index in [2.05, 4.69) is 5.32 Å². The van der Waals surface area contributed by atoms with Gasteiger partial charge in [0.25, 0.3) is 0 Å². The van der Waals surface area contributed by atoms with Crippen LogP contribution in [-0.2, 0) is 17.8 Å². The van der Waals surface area contributed by atoms with Crippen LogP contribution >= 0.6 is 0 Å². The number of aryl methyl sites for hydroxylation is 1. The third-order valence-electron chi connectivity index (χ3n) is 2.91. The summed E-state index contributed by atoms with van der Waals surface area (Å²) >= 11 is 0. The number of carbonyl (C=O) groups is 1. The van der Waals surface area contributed by atoms with Crippen molar-refractivity contribution in [2.75, 3.05) is 0 Å². The molecule has 0 unspecified atom stereocenters. The Morgan fingerprint density at radius 3 is 2.68 bits per heavy atom. The van der Waals surface area contributed by atoms with Crippen molar-refractivity contribution < 1.29 is 9.90 Å². The standard InChI is InChI=1S/C16H17NO2/c1-12-5-4-6-13(9-12)11-17-16(19)10-14-7-2-3-8-15(14)18/h2-9,18H,10-11H2,1H3,(H,17,19). The van der Waals surface area contributed by atoms with Gasteiger partial charge in [0.1, 0.15) is 5.75 Å².